The Morgan fingerprint density at radius 3 is 1.02 bits per heavy atom. The van der Waals surface area contributed by atoms with Crippen molar-refractivity contribution in [3.05, 3.63) is 0 Å². The van der Waals surface area contributed by atoms with Crippen LogP contribution in [0.4, 0.5) is 0 Å². The summed E-state index contributed by atoms with van der Waals surface area (Å²) in [4.78, 5) is 105. The zero-order chi connectivity index (χ0) is 31.3. The van der Waals surface area contributed by atoms with Gasteiger partial charge >= 0.3 is 39.1 Å². The molecule has 0 amide bonds. The largest absolute Gasteiger partial charge is 0.470 e. The molecule has 10 N–H and O–H groups in total. The molecule has 0 unspecified atom stereocenters. The summed E-state index contributed by atoms with van der Waals surface area (Å²) in [7, 11) is -29.2. The van der Waals surface area contributed by atoms with Crippen LogP contribution in [0.5, 0.6) is 0 Å². The Bertz CT molecular complexity index is 1020. The van der Waals surface area contributed by atoms with Crippen molar-refractivity contribution in [3.8, 4) is 0 Å². The van der Waals surface area contributed by atoms with Crippen LogP contribution in [0, 0.1) is 0 Å². The number of phosphoric acid groups is 5. The van der Waals surface area contributed by atoms with E-state index in [1.165, 1.54) is 6.92 Å². The van der Waals surface area contributed by atoms with Gasteiger partial charge in [0.05, 0.1) is 0 Å². The molecule has 0 aromatic carbocycles. The summed E-state index contributed by atoms with van der Waals surface area (Å²) < 4.78 is 85.6. The number of phosphoric ester groups is 5. The van der Waals surface area contributed by atoms with E-state index in [2.05, 4.69) is 22.6 Å². The third-order valence-corrected chi connectivity index (χ3v) is 7.31. The number of carbonyl (C=O) groups is 1. The van der Waals surface area contributed by atoms with Crippen molar-refractivity contribution in [2.45, 2.75) is 69.2 Å². The standard InChI is InChI=1S/C13H29O22P5/c1-7(14)5-3-2-4-6-30-8-9(31-36(15,16)17)11(33-38(21,22)23)13(35-40(27,28)29)12(34-39(24,25)26)10(8)32-37(18,19)20/h8-13H,2-6H2,1H3,(H2,15,16,17)(H2,18,19,20)(H2,21,22,23)(H2,24,25,26)(H2,27,28,29)/t8-,9-,10+,11-,12-,13-/m0/s1. The lowest BCUT2D eigenvalue weighted by atomic mass is 9.85. The van der Waals surface area contributed by atoms with E-state index in [1.54, 1.807) is 0 Å². The first-order valence-electron chi connectivity index (χ1n) is 10.6. The summed E-state index contributed by atoms with van der Waals surface area (Å²) in [6.45, 7) is 0.783. The predicted octanol–water partition coefficient (Wildman–Crippen LogP) is -1.08. The summed E-state index contributed by atoms with van der Waals surface area (Å²) in [6, 6.07) is 0. The zero-order valence-corrected chi connectivity index (χ0v) is 24.6. The van der Waals surface area contributed by atoms with Crippen molar-refractivity contribution < 1.29 is 104 Å². The first kappa shape index (κ1) is 38.2. The van der Waals surface area contributed by atoms with Crippen molar-refractivity contribution in [3.63, 3.8) is 0 Å². The van der Waals surface area contributed by atoms with Crippen LogP contribution in [0.3, 0.4) is 0 Å². The van der Waals surface area contributed by atoms with Crippen molar-refractivity contribution >= 4 is 44.9 Å². The average molecular weight is 692 g/mol. The molecule has 1 rings (SSSR count). The SMILES string of the molecule is CC(=O)CCCCCO[C@@H]1[C@@H](OP(=O)(O)O)[C@H](OP(=O)(O)O)[C@@H](OP(=O)(O)O)[C@@H](OP(=O)(O)O)[C@H]1OP(=O)(O)O. The molecule has 22 nitrogen and oxygen atoms in total. The van der Waals surface area contributed by atoms with Crippen LogP contribution in [0.2, 0.25) is 0 Å². The molecule has 0 radical (unpaired) electrons. The number of ether oxygens (including phenoxy) is 1. The van der Waals surface area contributed by atoms with Gasteiger partial charge in [-0.15, -0.1) is 0 Å². The Morgan fingerprint density at radius 1 is 0.500 bits per heavy atom. The lowest BCUT2D eigenvalue weighted by Gasteiger charge is -2.48. The lowest BCUT2D eigenvalue weighted by molar-refractivity contribution is -0.218. The maximum atomic E-state index is 11.7. The number of rotatable bonds is 17. The number of ketones is 1. The molecule has 0 aliphatic heterocycles. The zero-order valence-electron chi connectivity index (χ0n) is 20.1. The highest BCUT2D eigenvalue weighted by atomic mass is 31.2. The molecule has 27 heteroatoms. The fourth-order valence-corrected chi connectivity index (χ4v) is 6.36. The molecule has 1 saturated carbocycles. The second-order valence-electron chi connectivity index (χ2n) is 8.15. The van der Waals surface area contributed by atoms with E-state index in [0.717, 1.165) is 0 Å². The third kappa shape index (κ3) is 15.6. The highest BCUT2D eigenvalue weighted by Gasteiger charge is 2.61. The van der Waals surface area contributed by atoms with Gasteiger partial charge in [-0.05, 0) is 19.8 Å². The van der Waals surface area contributed by atoms with Gasteiger partial charge in [-0.2, -0.15) is 0 Å². The predicted molar refractivity (Wildman–Crippen MR) is 123 cm³/mol. The van der Waals surface area contributed by atoms with Gasteiger partial charge in [0.25, 0.3) is 0 Å². The van der Waals surface area contributed by atoms with Crippen LogP contribution < -0.4 is 0 Å². The maximum absolute atomic E-state index is 11.7. The van der Waals surface area contributed by atoms with Crippen LogP contribution in [-0.2, 0) is 55.0 Å². The van der Waals surface area contributed by atoms with Crippen LogP contribution in [0.15, 0.2) is 0 Å². The highest BCUT2D eigenvalue weighted by molar-refractivity contribution is 7.47. The number of unbranched alkanes of at least 4 members (excludes halogenated alkanes) is 2. The molecule has 6 atom stereocenters. The Balaban J connectivity index is 3.76. The van der Waals surface area contributed by atoms with Gasteiger partial charge in [0, 0.05) is 13.0 Å². The van der Waals surface area contributed by atoms with E-state index in [4.69, 9.17) is 4.74 Å². The summed E-state index contributed by atoms with van der Waals surface area (Å²) in [5.41, 5.74) is 0. The van der Waals surface area contributed by atoms with Gasteiger partial charge in [0.15, 0.2) is 0 Å². The van der Waals surface area contributed by atoms with Gasteiger partial charge in [0.2, 0.25) is 0 Å². The van der Waals surface area contributed by atoms with Crippen LogP contribution in [-0.4, -0.2) is 97.9 Å². The lowest BCUT2D eigenvalue weighted by Crippen LogP contribution is -2.66. The molecular formula is C13H29O22P5. The summed E-state index contributed by atoms with van der Waals surface area (Å²) in [6.07, 6.45) is -15.5. The van der Waals surface area contributed by atoms with E-state index in [1.807, 2.05) is 0 Å². The monoisotopic (exact) mass is 692 g/mol. The molecular weight excluding hydrogens is 663 g/mol. The third-order valence-electron chi connectivity index (χ3n) is 4.72. The fourth-order valence-electron chi connectivity index (χ4n) is 3.58. The number of hydrogen-bond donors (Lipinski definition) is 10. The molecule has 0 saturated heterocycles. The summed E-state index contributed by atoms with van der Waals surface area (Å²) in [5.74, 6) is -0.163. The van der Waals surface area contributed by atoms with E-state index in [0.29, 0.717) is 6.42 Å². The van der Waals surface area contributed by atoms with E-state index >= 15 is 0 Å². The quantitative estimate of drug-likeness (QED) is 0.0640. The Labute approximate surface area is 225 Å². The molecule has 0 aromatic rings. The molecule has 0 heterocycles. The maximum Gasteiger partial charge on any atom is 0.470 e. The average Bonchev–Trinajstić information content (AvgIpc) is 2.67. The molecule has 1 aliphatic carbocycles. The Hall–Kier alpha value is 0.180. The van der Waals surface area contributed by atoms with Crippen LogP contribution >= 0.6 is 39.1 Å². The number of Topliss-reactive ketones (excluding diaryl/α,β-unsaturated/α-hetero) is 1. The molecule has 0 aromatic heterocycles. The van der Waals surface area contributed by atoms with E-state index in [-0.39, 0.29) is 25.0 Å². The minimum atomic E-state index is -5.89. The second kappa shape index (κ2) is 14.8. The smallest absolute Gasteiger partial charge is 0.373 e. The second-order valence-corrected chi connectivity index (χ2v) is 14.1. The molecule has 238 valence electrons. The molecule has 0 spiro atoms. The normalized spacial score (nSPS) is 27.1. The van der Waals surface area contributed by atoms with Crippen molar-refractivity contribution in [2.75, 3.05) is 6.61 Å². The van der Waals surface area contributed by atoms with Crippen LogP contribution in [0.1, 0.15) is 32.6 Å². The summed E-state index contributed by atoms with van der Waals surface area (Å²) >= 11 is 0. The Kier molecular flexibility index (Phi) is 14.1. The minimum Gasteiger partial charge on any atom is -0.373 e. The molecule has 1 fully saturated rings. The van der Waals surface area contributed by atoms with Gasteiger partial charge < -0.3 is 58.5 Å². The van der Waals surface area contributed by atoms with Gasteiger partial charge in [-0.1, -0.05) is 6.42 Å². The first-order chi connectivity index (χ1) is 17.8. The van der Waals surface area contributed by atoms with Gasteiger partial charge in [-0.3, -0.25) is 22.6 Å². The van der Waals surface area contributed by atoms with Crippen molar-refractivity contribution in [2.24, 2.45) is 0 Å². The van der Waals surface area contributed by atoms with Gasteiger partial charge in [-0.25, -0.2) is 22.8 Å². The van der Waals surface area contributed by atoms with Crippen molar-refractivity contribution in [1.29, 1.82) is 0 Å². The fraction of sp³-hybridized carbons (Fsp3) is 0.923. The van der Waals surface area contributed by atoms with Crippen molar-refractivity contribution in [1.82, 2.24) is 0 Å². The minimum absolute atomic E-state index is 0.0193. The molecule has 0 bridgehead atoms. The highest BCUT2D eigenvalue weighted by Crippen LogP contribution is 2.55. The molecule has 40 heavy (non-hydrogen) atoms. The first-order valence-corrected chi connectivity index (χ1v) is 18.2. The van der Waals surface area contributed by atoms with Gasteiger partial charge in [0.1, 0.15) is 42.4 Å². The Morgan fingerprint density at radius 2 is 0.775 bits per heavy atom. The van der Waals surface area contributed by atoms with Crippen LogP contribution in [0.25, 0.3) is 0 Å². The topological polar surface area (TPSA) is 360 Å². The molecule has 1 aliphatic rings. The van der Waals surface area contributed by atoms with E-state index < -0.39 is 82.3 Å². The number of carbonyl (C=O) groups excluding carboxylic acids is 1. The summed E-state index contributed by atoms with van der Waals surface area (Å²) in [5, 5.41) is 0. The number of hydrogen-bond acceptors (Lipinski definition) is 12. The van der Waals surface area contributed by atoms with E-state index in [9.17, 15) is 76.6 Å².